The van der Waals surface area contributed by atoms with E-state index < -0.39 is 5.91 Å². The third-order valence-corrected chi connectivity index (χ3v) is 5.55. The number of pyridine rings is 1. The molecule has 0 bridgehead atoms. The molecule has 2 aliphatic heterocycles. The Hall–Kier alpha value is -3.99. The van der Waals surface area contributed by atoms with Gasteiger partial charge in [-0.3, -0.25) is 24.6 Å². The molecule has 2 amide bonds. The summed E-state index contributed by atoms with van der Waals surface area (Å²) in [5, 5.41) is 12.9. The highest BCUT2D eigenvalue weighted by Gasteiger charge is 2.32. The summed E-state index contributed by atoms with van der Waals surface area (Å²) in [4.78, 5) is 37.6. The summed E-state index contributed by atoms with van der Waals surface area (Å²) in [7, 11) is 1.58. The van der Waals surface area contributed by atoms with Crippen LogP contribution in [0.3, 0.4) is 0 Å². The van der Waals surface area contributed by atoms with Gasteiger partial charge in [0, 0.05) is 37.9 Å². The van der Waals surface area contributed by atoms with Crippen molar-refractivity contribution in [2.75, 3.05) is 48.4 Å². The predicted octanol–water partition coefficient (Wildman–Crippen LogP) is 1.03. The van der Waals surface area contributed by atoms with E-state index in [0.717, 1.165) is 37.4 Å². The number of fused-ring (bicyclic) bond motifs is 1. The molecular formula is C21H22N8O3. The molecular weight excluding hydrogens is 412 g/mol. The number of aromatic amines is 1. The summed E-state index contributed by atoms with van der Waals surface area (Å²) < 4.78 is 5.23. The average molecular weight is 434 g/mol. The third-order valence-electron chi connectivity index (χ3n) is 5.55. The molecule has 0 atom stereocenters. The number of ether oxygens (including phenoxy) is 1. The minimum absolute atomic E-state index is 0.0106. The molecule has 0 spiro atoms. The van der Waals surface area contributed by atoms with E-state index in [1.54, 1.807) is 31.6 Å². The lowest BCUT2D eigenvalue weighted by Gasteiger charge is -2.30. The van der Waals surface area contributed by atoms with Crippen LogP contribution in [0.4, 0.5) is 17.3 Å². The molecule has 5 rings (SSSR count). The van der Waals surface area contributed by atoms with Crippen LogP contribution in [-0.4, -0.2) is 65.3 Å². The lowest BCUT2D eigenvalue weighted by atomic mass is 10.1. The van der Waals surface area contributed by atoms with Gasteiger partial charge in [0.15, 0.2) is 0 Å². The number of nitrogens with one attached hydrogen (secondary N) is 3. The maximum Gasteiger partial charge on any atom is 0.293 e. The molecule has 2 aliphatic rings. The number of benzene rings is 1. The lowest BCUT2D eigenvalue weighted by Crippen LogP contribution is -2.43. The molecule has 0 radical (unpaired) electrons. The third kappa shape index (κ3) is 3.62. The minimum Gasteiger partial charge on any atom is -0.497 e. The van der Waals surface area contributed by atoms with Crippen molar-refractivity contribution in [3.63, 3.8) is 0 Å². The van der Waals surface area contributed by atoms with Crippen molar-refractivity contribution in [2.45, 2.75) is 6.54 Å². The highest BCUT2D eigenvalue weighted by molar-refractivity contribution is 6.09. The number of carbonyl (C=O) groups excluding carboxylic acids is 2. The Morgan fingerprint density at radius 1 is 1.22 bits per heavy atom. The number of aromatic nitrogens is 4. The fourth-order valence-electron chi connectivity index (χ4n) is 3.91. The van der Waals surface area contributed by atoms with Crippen molar-refractivity contribution in [1.29, 1.82) is 0 Å². The van der Waals surface area contributed by atoms with Gasteiger partial charge in [-0.25, -0.2) is 0 Å². The number of H-pyrrole nitrogens is 1. The van der Waals surface area contributed by atoms with E-state index in [4.69, 9.17) is 4.74 Å². The first-order chi connectivity index (χ1) is 15.6. The molecule has 0 saturated carbocycles. The van der Waals surface area contributed by atoms with Gasteiger partial charge in [-0.15, -0.1) is 5.10 Å². The van der Waals surface area contributed by atoms with Gasteiger partial charge in [0.05, 0.1) is 31.2 Å². The summed E-state index contributed by atoms with van der Waals surface area (Å²) in [6.45, 7) is 3.72. The second-order valence-electron chi connectivity index (χ2n) is 7.48. The first-order valence-electron chi connectivity index (χ1n) is 10.3. The van der Waals surface area contributed by atoms with Gasteiger partial charge in [-0.05, 0) is 29.8 Å². The number of nitrogens with zero attached hydrogens (tertiary/aromatic N) is 5. The van der Waals surface area contributed by atoms with Crippen LogP contribution in [0.5, 0.6) is 5.75 Å². The standard InChI is InChI=1S/C21H22N8O3/c1-32-14-2-3-15-13(10-14)12-29(20(15)31)21-25-18(26-27-21)19(30)24-16-11-23-5-4-17(16)28-8-6-22-7-9-28/h2-5,10-11,22H,6-9,12H2,1H3,(H,24,30)(H,25,26,27). The Bertz CT molecular complexity index is 1170. The van der Waals surface area contributed by atoms with Crippen molar-refractivity contribution in [2.24, 2.45) is 0 Å². The topological polar surface area (TPSA) is 128 Å². The van der Waals surface area contributed by atoms with Crippen molar-refractivity contribution in [3.05, 3.63) is 53.6 Å². The zero-order valence-corrected chi connectivity index (χ0v) is 17.5. The first kappa shape index (κ1) is 19.9. The largest absolute Gasteiger partial charge is 0.497 e. The van der Waals surface area contributed by atoms with Crippen LogP contribution in [0.15, 0.2) is 36.7 Å². The van der Waals surface area contributed by atoms with Crippen LogP contribution in [0.25, 0.3) is 0 Å². The highest BCUT2D eigenvalue weighted by atomic mass is 16.5. The van der Waals surface area contributed by atoms with Crippen LogP contribution < -0.4 is 25.2 Å². The van der Waals surface area contributed by atoms with E-state index in [9.17, 15) is 9.59 Å². The number of carbonyl (C=O) groups is 2. The second-order valence-corrected chi connectivity index (χ2v) is 7.48. The molecule has 2 aromatic heterocycles. The summed E-state index contributed by atoms with van der Waals surface area (Å²) in [6, 6.07) is 7.15. The van der Waals surface area contributed by atoms with Gasteiger partial charge in [-0.1, -0.05) is 0 Å². The highest BCUT2D eigenvalue weighted by Crippen LogP contribution is 2.29. The van der Waals surface area contributed by atoms with E-state index >= 15 is 0 Å². The van der Waals surface area contributed by atoms with Gasteiger partial charge < -0.3 is 20.3 Å². The van der Waals surface area contributed by atoms with Gasteiger partial charge in [0.1, 0.15) is 5.75 Å². The molecule has 11 heteroatoms. The molecule has 164 valence electrons. The van der Waals surface area contributed by atoms with Gasteiger partial charge in [0.25, 0.3) is 17.8 Å². The summed E-state index contributed by atoms with van der Waals surface area (Å²) >= 11 is 0. The second kappa shape index (κ2) is 8.27. The Labute approximate surface area is 183 Å². The van der Waals surface area contributed by atoms with Crippen LogP contribution >= 0.6 is 0 Å². The van der Waals surface area contributed by atoms with Crippen LogP contribution in [0.1, 0.15) is 26.5 Å². The fourth-order valence-corrected chi connectivity index (χ4v) is 3.91. The molecule has 1 fully saturated rings. The van der Waals surface area contributed by atoms with Crippen molar-refractivity contribution in [1.82, 2.24) is 25.5 Å². The first-order valence-corrected chi connectivity index (χ1v) is 10.3. The molecule has 1 saturated heterocycles. The Balaban J connectivity index is 1.33. The predicted molar refractivity (Wildman–Crippen MR) is 117 cm³/mol. The van der Waals surface area contributed by atoms with E-state index in [-0.39, 0.29) is 17.7 Å². The number of hydrogen-bond acceptors (Lipinski definition) is 8. The van der Waals surface area contributed by atoms with Crippen molar-refractivity contribution >= 4 is 29.1 Å². The van der Waals surface area contributed by atoms with Crippen molar-refractivity contribution in [3.8, 4) is 5.75 Å². The quantitative estimate of drug-likeness (QED) is 0.543. The fraction of sp³-hybridized carbons (Fsp3) is 0.286. The van der Waals surface area contributed by atoms with Crippen molar-refractivity contribution < 1.29 is 14.3 Å². The Morgan fingerprint density at radius 2 is 2.06 bits per heavy atom. The van der Waals surface area contributed by atoms with Crippen LogP contribution in [0.2, 0.25) is 0 Å². The average Bonchev–Trinajstić information content (AvgIpc) is 3.45. The zero-order valence-electron chi connectivity index (χ0n) is 17.5. The normalized spacial score (nSPS) is 15.6. The number of anilines is 3. The molecule has 3 aromatic rings. The van der Waals surface area contributed by atoms with Gasteiger partial charge >= 0.3 is 0 Å². The Kier molecular flexibility index (Phi) is 5.15. The smallest absolute Gasteiger partial charge is 0.293 e. The molecule has 32 heavy (non-hydrogen) atoms. The summed E-state index contributed by atoms with van der Waals surface area (Å²) in [5.74, 6) is 0.145. The number of rotatable bonds is 5. The van der Waals surface area contributed by atoms with Gasteiger partial charge in [-0.2, -0.15) is 4.98 Å². The maximum atomic E-state index is 12.8. The number of hydrogen-bond donors (Lipinski definition) is 3. The monoisotopic (exact) mass is 434 g/mol. The zero-order chi connectivity index (χ0) is 22.1. The molecule has 11 nitrogen and oxygen atoms in total. The maximum absolute atomic E-state index is 12.8. The van der Waals surface area contributed by atoms with Crippen LogP contribution in [-0.2, 0) is 6.54 Å². The summed E-state index contributed by atoms with van der Waals surface area (Å²) in [6.07, 6.45) is 3.31. The molecule has 0 aliphatic carbocycles. The molecule has 1 aromatic carbocycles. The Morgan fingerprint density at radius 3 is 2.88 bits per heavy atom. The number of piperazine rings is 1. The summed E-state index contributed by atoms with van der Waals surface area (Å²) in [5.41, 5.74) is 2.88. The SMILES string of the molecule is COc1ccc2c(c1)CN(c1n[nH]c(C(=O)Nc3cnccc3N3CCNCC3)n1)C2=O. The minimum atomic E-state index is -0.459. The number of methoxy groups -OCH3 is 1. The van der Waals surface area contributed by atoms with E-state index in [1.807, 2.05) is 12.1 Å². The van der Waals surface area contributed by atoms with E-state index in [2.05, 4.69) is 35.7 Å². The van der Waals surface area contributed by atoms with Crippen LogP contribution in [0, 0.1) is 0 Å². The molecule has 4 heterocycles. The lowest BCUT2D eigenvalue weighted by molar-refractivity contribution is 0.0990. The van der Waals surface area contributed by atoms with Gasteiger partial charge in [0.2, 0.25) is 5.82 Å². The molecule has 0 unspecified atom stereocenters. The van der Waals surface area contributed by atoms with E-state index in [0.29, 0.717) is 23.5 Å². The number of amides is 2. The van der Waals surface area contributed by atoms with E-state index in [1.165, 1.54) is 4.90 Å². The molecule has 3 N–H and O–H groups in total.